The van der Waals surface area contributed by atoms with Gasteiger partial charge in [-0.1, -0.05) is 0 Å². The molecule has 0 aliphatic carbocycles. The molecule has 10 heavy (non-hydrogen) atoms. The van der Waals surface area contributed by atoms with Crippen LogP contribution in [0.2, 0.25) is 0 Å². The molecule has 1 rings (SSSR count). The van der Waals surface area contributed by atoms with Crippen molar-refractivity contribution in [2.75, 3.05) is 0 Å². The number of rotatable bonds is 0. The number of allylic oxidation sites excluding steroid dienone is 1. The Morgan fingerprint density at radius 2 is 1.90 bits per heavy atom. The molecule has 0 saturated heterocycles. The van der Waals surface area contributed by atoms with Crippen molar-refractivity contribution < 1.29 is 33.8 Å². The van der Waals surface area contributed by atoms with Crippen molar-refractivity contribution >= 4 is 17.8 Å². The molecule has 5 heteroatoms. The van der Waals surface area contributed by atoms with Gasteiger partial charge in [0, 0.05) is 40.1 Å². The molecule has 0 spiro atoms. The average molecular weight is 222 g/mol. The first-order chi connectivity index (χ1) is 3.80. The summed E-state index contributed by atoms with van der Waals surface area (Å²) in [5.74, 6) is 0.0347. The van der Waals surface area contributed by atoms with Crippen LogP contribution >= 0.6 is 0 Å². The monoisotopic (exact) mass is 222 g/mol. The van der Waals surface area contributed by atoms with Gasteiger partial charge in [0.15, 0.2) is 5.84 Å². The third-order valence-corrected chi connectivity index (χ3v) is 0.808. The Morgan fingerprint density at radius 1 is 1.30 bits per heavy atom. The second-order valence-electron chi connectivity index (χ2n) is 1.40. The van der Waals surface area contributed by atoms with Gasteiger partial charge < -0.3 is 0 Å². The van der Waals surface area contributed by atoms with E-state index >= 15 is 0 Å². The van der Waals surface area contributed by atoms with E-state index in [-0.39, 0.29) is 45.4 Å². The van der Waals surface area contributed by atoms with Gasteiger partial charge in [-0.15, -0.1) is 0 Å². The summed E-state index contributed by atoms with van der Waals surface area (Å²) in [4.78, 5) is 3.56. The molecule has 0 unspecified atom stereocenters. The van der Waals surface area contributed by atoms with E-state index in [1.54, 1.807) is 6.08 Å². The molecule has 0 saturated carbocycles. The Morgan fingerprint density at radius 3 is 2.20 bits per heavy atom. The standard InChI is InChI=1S/C5H5N3.Co.Fe/c6-4-2-1-3-8-5(4)7;;/h1-3,6-7H;;. The fourth-order valence-electron chi connectivity index (χ4n) is 0.405. The molecule has 1 aliphatic heterocycles. The summed E-state index contributed by atoms with van der Waals surface area (Å²) in [6.07, 6.45) is 4.68. The first-order valence-electron chi connectivity index (χ1n) is 2.19. The number of nitrogens with one attached hydrogen (secondary N) is 2. The Bertz CT molecular complexity index is 175. The van der Waals surface area contributed by atoms with E-state index in [1.165, 1.54) is 12.3 Å². The molecule has 0 bridgehead atoms. The molecule has 0 aromatic heterocycles. The average Bonchev–Trinajstić information content (AvgIpc) is 1.77. The Hall–Kier alpha value is -0.224. The maximum Gasteiger partial charge on any atom is 0.169 e. The number of nitrogens with zero attached hydrogens (tertiary/aromatic N) is 1. The van der Waals surface area contributed by atoms with Crippen LogP contribution in [0.1, 0.15) is 0 Å². The number of hydrogen-bond acceptors (Lipinski definition) is 2. The van der Waals surface area contributed by atoms with Gasteiger partial charge in [0.25, 0.3) is 0 Å². The predicted molar refractivity (Wildman–Crippen MR) is 33.1 cm³/mol. The molecular formula is C5H5CoFeN3. The van der Waals surface area contributed by atoms with E-state index in [0.717, 1.165) is 0 Å². The molecule has 1 aliphatic rings. The topological polar surface area (TPSA) is 60.1 Å². The van der Waals surface area contributed by atoms with Crippen molar-refractivity contribution in [1.82, 2.24) is 0 Å². The first-order valence-corrected chi connectivity index (χ1v) is 2.19. The largest absolute Gasteiger partial charge is 0.297 e. The maximum absolute atomic E-state index is 6.97. The Balaban J connectivity index is 0. The summed E-state index contributed by atoms with van der Waals surface area (Å²) >= 11 is 0. The van der Waals surface area contributed by atoms with E-state index in [4.69, 9.17) is 10.8 Å². The van der Waals surface area contributed by atoms with Crippen molar-refractivity contribution in [2.24, 2.45) is 4.99 Å². The molecule has 0 atom stereocenters. The van der Waals surface area contributed by atoms with Crippen molar-refractivity contribution in [2.45, 2.75) is 0 Å². The first kappa shape index (κ1) is 12.5. The number of amidine groups is 1. The van der Waals surface area contributed by atoms with Crippen LogP contribution < -0.4 is 0 Å². The fourth-order valence-corrected chi connectivity index (χ4v) is 0.405. The molecule has 0 aromatic carbocycles. The molecule has 0 amide bonds. The predicted octanol–water partition coefficient (Wildman–Crippen LogP) is 0.619. The molecule has 1 radical (unpaired) electrons. The molecule has 3 nitrogen and oxygen atoms in total. The Kier molecular flexibility index (Phi) is 6.91. The van der Waals surface area contributed by atoms with Crippen LogP contribution in [-0.2, 0) is 33.8 Å². The van der Waals surface area contributed by atoms with Crippen molar-refractivity contribution in [3.8, 4) is 0 Å². The van der Waals surface area contributed by atoms with Crippen LogP contribution in [0, 0.1) is 10.8 Å². The van der Waals surface area contributed by atoms with Crippen LogP contribution in [0.25, 0.3) is 0 Å². The summed E-state index contributed by atoms with van der Waals surface area (Å²) < 4.78 is 0. The molecule has 57 valence electrons. The van der Waals surface area contributed by atoms with Gasteiger partial charge in [-0.25, -0.2) is 4.99 Å². The van der Waals surface area contributed by atoms with Crippen LogP contribution in [0.15, 0.2) is 17.1 Å². The molecule has 0 aromatic rings. The quantitative estimate of drug-likeness (QED) is 0.564. The van der Waals surface area contributed by atoms with Gasteiger partial charge in [0.1, 0.15) is 0 Å². The summed E-state index contributed by atoms with van der Waals surface area (Å²) in [5.41, 5.74) is 0.174. The van der Waals surface area contributed by atoms with Crippen molar-refractivity contribution in [3.63, 3.8) is 0 Å². The van der Waals surface area contributed by atoms with Gasteiger partial charge in [0.05, 0.1) is 5.71 Å². The fraction of sp³-hybridized carbons (Fsp3) is 0. The normalized spacial score (nSPS) is 14.0. The zero-order chi connectivity index (χ0) is 5.98. The Labute approximate surface area is 79.7 Å². The van der Waals surface area contributed by atoms with E-state index in [0.29, 0.717) is 0 Å². The van der Waals surface area contributed by atoms with Crippen LogP contribution in [-0.4, -0.2) is 17.8 Å². The van der Waals surface area contributed by atoms with Crippen LogP contribution in [0.4, 0.5) is 0 Å². The van der Waals surface area contributed by atoms with Gasteiger partial charge in [0.2, 0.25) is 0 Å². The summed E-state index contributed by atoms with van der Waals surface area (Å²) in [6.45, 7) is 0. The number of aliphatic imine (C=N–C) groups is 1. The SMILES string of the molecule is N=C1C=CC=NC1=N.[Co].[Fe]. The van der Waals surface area contributed by atoms with Crippen molar-refractivity contribution in [1.29, 1.82) is 10.8 Å². The van der Waals surface area contributed by atoms with E-state index in [9.17, 15) is 0 Å². The minimum atomic E-state index is 0. The number of hydrogen-bond donors (Lipinski definition) is 2. The minimum Gasteiger partial charge on any atom is -0.297 e. The molecule has 0 fully saturated rings. The summed E-state index contributed by atoms with van der Waals surface area (Å²) in [7, 11) is 0. The summed E-state index contributed by atoms with van der Waals surface area (Å²) in [5, 5.41) is 13.9. The minimum absolute atomic E-state index is 0. The second kappa shape index (κ2) is 5.55. The van der Waals surface area contributed by atoms with Gasteiger partial charge >= 0.3 is 0 Å². The summed E-state index contributed by atoms with van der Waals surface area (Å²) in [6, 6.07) is 0. The third-order valence-electron chi connectivity index (χ3n) is 0.808. The second-order valence-corrected chi connectivity index (χ2v) is 1.40. The molecule has 2 N–H and O–H groups in total. The van der Waals surface area contributed by atoms with Crippen molar-refractivity contribution in [3.05, 3.63) is 12.2 Å². The van der Waals surface area contributed by atoms with Crippen LogP contribution in [0.5, 0.6) is 0 Å². The maximum atomic E-state index is 6.97. The van der Waals surface area contributed by atoms with Gasteiger partial charge in [-0.3, -0.25) is 10.8 Å². The van der Waals surface area contributed by atoms with Crippen LogP contribution in [0.3, 0.4) is 0 Å². The number of dihydropyridines is 1. The molecule has 1 heterocycles. The molecular weight excluding hydrogens is 217 g/mol. The third kappa shape index (κ3) is 3.07. The zero-order valence-corrected chi connectivity index (χ0v) is 7.01. The zero-order valence-electron chi connectivity index (χ0n) is 4.87. The van der Waals surface area contributed by atoms with Gasteiger partial charge in [-0.2, -0.15) is 0 Å². The van der Waals surface area contributed by atoms with E-state index < -0.39 is 0 Å². The smallest absolute Gasteiger partial charge is 0.169 e. The van der Waals surface area contributed by atoms with Gasteiger partial charge in [-0.05, 0) is 12.2 Å². The van der Waals surface area contributed by atoms with E-state index in [1.807, 2.05) is 0 Å². The van der Waals surface area contributed by atoms with E-state index in [2.05, 4.69) is 4.99 Å².